The van der Waals surface area contributed by atoms with E-state index in [1.165, 1.54) is 22.8 Å². The van der Waals surface area contributed by atoms with Crippen LogP contribution in [0.4, 0.5) is 0 Å². The van der Waals surface area contributed by atoms with Crippen LogP contribution in [0.1, 0.15) is 18.9 Å². The van der Waals surface area contributed by atoms with Gasteiger partial charge in [-0.25, -0.2) is 0 Å². The van der Waals surface area contributed by atoms with E-state index in [1.54, 1.807) is 0 Å². The maximum atomic E-state index is 5.82. The summed E-state index contributed by atoms with van der Waals surface area (Å²) < 4.78 is 5.82. The molecule has 0 unspecified atom stereocenters. The second kappa shape index (κ2) is 4.38. The highest BCUT2D eigenvalue weighted by Gasteiger charge is 2.18. The lowest BCUT2D eigenvalue weighted by Gasteiger charge is -2.29. The van der Waals surface area contributed by atoms with Crippen LogP contribution in [-0.2, 0) is 6.54 Å². The summed E-state index contributed by atoms with van der Waals surface area (Å²) in [4.78, 5) is 2.36. The van der Waals surface area contributed by atoms with E-state index in [0.717, 1.165) is 25.6 Å². The van der Waals surface area contributed by atoms with E-state index in [-0.39, 0.29) is 0 Å². The van der Waals surface area contributed by atoms with Crippen LogP contribution in [0, 0.1) is 0 Å². The minimum atomic E-state index is 0.721. The largest absolute Gasteiger partial charge is 0.478 e. The molecule has 2 aromatic carbocycles. The third-order valence-corrected chi connectivity index (χ3v) is 3.32. The molecule has 0 N–H and O–H groups in total. The quantitative estimate of drug-likeness (QED) is 0.779. The van der Waals surface area contributed by atoms with Gasteiger partial charge in [0, 0.05) is 18.7 Å². The van der Waals surface area contributed by atoms with Gasteiger partial charge in [0.2, 0.25) is 0 Å². The SMILES string of the molecule is CCCN1COc2ccc3ccccc3c2C1. The number of rotatable bonds is 2. The topological polar surface area (TPSA) is 12.5 Å². The van der Waals surface area contributed by atoms with Crippen LogP contribution in [0.3, 0.4) is 0 Å². The van der Waals surface area contributed by atoms with E-state index in [1.807, 2.05) is 0 Å². The maximum absolute atomic E-state index is 5.82. The lowest BCUT2D eigenvalue weighted by molar-refractivity contribution is 0.0965. The lowest BCUT2D eigenvalue weighted by Crippen LogP contribution is -2.32. The fourth-order valence-corrected chi connectivity index (χ4v) is 2.50. The molecular formula is C15H17NO. The number of benzene rings is 2. The molecule has 2 heteroatoms. The fraction of sp³-hybridized carbons (Fsp3) is 0.333. The Morgan fingerprint density at radius 1 is 1.18 bits per heavy atom. The van der Waals surface area contributed by atoms with Gasteiger partial charge in [-0.3, -0.25) is 4.90 Å². The van der Waals surface area contributed by atoms with Gasteiger partial charge in [0.15, 0.2) is 0 Å². The van der Waals surface area contributed by atoms with Gasteiger partial charge >= 0.3 is 0 Å². The molecule has 0 saturated carbocycles. The highest BCUT2D eigenvalue weighted by atomic mass is 16.5. The Kier molecular flexibility index (Phi) is 2.73. The first kappa shape index (κ1) is 10.6. The zero-order valence-corrected chi connectivity index (χ0v) is 10.1. The molecule has 1 aliphatic rings. The monoisotopic (exact) mass is 227 g/mol. The molecule has 0 fully saturated rings. The van der Waals surface area contributed by atoms with E-state index in [9.17, 15) is 0 Å². The number of fused-ring (bicyclic) bond motifs is 3. The van der Waals surface area contributed by atoms with Crippen molar-refractivity contribution in [3.8, 4) is 5.75 Å². The second-order valence-electron chi connectivity index (χ2n) is 4.59. The van der Waals surface area contributed by atoms with Crippen molar-refractivity contribution < 1.29 is 4.74 Å². The molecule has 0 amide bonds. The molecule has 0 atom stereocenters. The van der Waals surface area contributed by atoms with Crippen LogP contribution in [0.2, 0.25) is 0 Å². The van der Waals surface area contributed by atoms with Crippen molar-refractivity contribution in [2.75, 3.05) is 13.3 Å². The summed E-state index contributed by atoms with van der Waals surface area (Å²) in [5.41, 5.74) is 1.34. The summed E-state index contributed by atoms with van der Waals surface area (Å²) in [6.07, 6.45) is 1.17. The summed E-state index contributed by atoms with van der Waals surface area (Å²) in [5, 5.41) is 2.62. The summed E-state index contributed by atoms with van der Waals surface area (Å²) in [6.45, 7) is 5.03. The number of nitrogens with zero attached hydrogens (tertiary/aromatic N) is 1. The normalized spacial score (nSPS) is 15.6. The van der Waals surface area contributed by atoms with Gasteiger partial charge in [-0.15, -0.1) is 0 Å². The fourth-order valence-electron chi connectivity index (χ4n) is 2.50. The van der Waals surface area contributed by atoms with Crippen LogP contribution < -0.4 is 4.74 Å². The van der Waals surface area contributed by atoms with Crippen LogP contribution in [0.15, 0.2) is 36.4 Å². The minimum absolute atomic E-state index is 0.721. The third-order valence-electron chi connectivity index (χ3n) is 3.32. The first-order chi connectivity index (χ1) is 8.38. The van der Waals surface area contributed by atoms with Crippen molar-refractivity contribution in [3.63, 3.8) is 0 Å². The molecule has 1 heterocycles. The average Bonchev–Trinajstić information content (AvgIpc) is 2.39. The zero-order chi connectivity index (χ0) is 11.7. The Labute approximate surface area is 102 Å². The van der Waals surface area contributed by atoms with E-state index in [2.05, 4.69) is 48.2 Å². The lowest BCUT2D eigenvalue weighted by atomic mass is 10.0. The molecule has 2 nitrogen and oxygen atoms in total. The van der Waals surface area contributed by atoms with Crippen LogP contribution in [0.25, 0.3) is 10.8 Å². The van der Waals surface area contributed by atoms with Gasteiger partial charge < -0.3 is 4.74 Å². The molecule has 1 aliphatic heterocycles. The highest BCUT2D eigenvalue weighted by Crippen LogP contribution is 2.31. The Bertz CT molecular complexity index is 535. The van der Waals surface area contributed by atoms with Crippen molar-refractivity contribution in [3.05, 3.63) is 42.0 Å². The average molecular weight is 227 g/mol. The van der Waals surface area contributed by atoms with Crippen molar-refractivity contribution >= 4 is 10.8 Å². The van der Waals surface area contributed by atoms with E-state index in [0.29, 0.717) is 0 Å². The van der Waals surface area contributed by atoms with Gasteiger partial charge in [0.25, 0.3) is 0 Å². The zero-order valence-electron chi connectivity index (χ0n) is 10.1. The minimum Gasteiger partial charge on any atom is -0.478 e. The molecule has 0 aromatic heterocycles. The molecule has 0 bridgehead atoms. The summed E-state index contributed by atoms with van der Waals surface area (Å²) in [6, 6.07) is 12.8. The molecule has 3 rings (SSSR count). The smallest absolute Gasteiger partial charge is 0.142 e. The summed E-state index contributed by atoms with van der Waals surface area (Å²) in [7, 11) is 0. The van der Waals surface area contributed by atoms with Crippen molar-refractivity contribution in [1.29, 1.82) is 0 Å². The predicted octanol–water partition coefficient (Wildman–Crippen LogP) is 3.40. The Hall–Kier alpha value is -1.54. The first-order valence-corrected chi connectivity index (χ1v) is 6.24. The van der Waals surface area contributed by atoms with Crippen LogP contribution >= 0.6 is 0 Å². The second-order valence-corrected chi connectivity index (χ2v) is 4.59. The van der Waals surface area contributed by atoms with Crippen molar-refractivity contribution in [2.24, 2.45) is 0 Å². The number of hydrogen-bond acceptors (Lipinski definition) is 2. The van der Waals surface area contributed by atoms with Crippen molar-refractivity contribution in [2.45, 2.75) is 19.9 Å². The Morgan fingerprint density at radius 2 is 2.06 bits per heavy atom. The Morgan fingerprint density at radius 3 is 2.94 bits per heavy atom. The third kappa shape index (κ3) is 1.89. The summed E-state index contributed by atoms with van der Waals surface area (Å²) >= 11 is 0. The van der Waals surface area contributed by atoms with Gasteiger partial charge in [0.1, 0.15) is 12.5 Å². The molecular weight excluding hydrogens is 210 g/mol. The van der Waals surface area contributed by atoms with Gasteiger partial charge in [-0.2, -0.15) is 0 Å². The molecule has 0 spiro atoms. The molecule has 88 valence electrons. The number of hydrogen-bond donors (Lipinski definition) is 0. The van der Waals surface area contributed by atoms with Crippen molar-refractivity contribution in [1.82, 2.24) is 4.90 Å². The molecule has 0 radical (unpaired) electrons. The maximum Gasteiger partial charge on any atom is 0.142 e. The standard InChI is InChI=1S/C15H17NO/c1-2-9-16-10-14-13-6-4-3-5-12(13)7-8-15(14)17-11-16/h3-8H,2,9-11H2,1H3. The van der Waals surface area contributed by atoms with E-state index < -0.39 is 0 Å². The van der Waals surface area contributed by atoms with Gasteiger partial charge in [0.05, 0.1) is 0 Å². The van der Waals surface area contributed by atoms with Gasteiger partial charge in [-0.1, -0.05) is 37.3 Å². The molecule has 2 aromatic rings. The predicted molar refractivity (Wildman–Crippen MR) is 70.1 cm³/mol. The van der Waals surface area contributed by atoms with Gasteiger partial charge in [-0.05, 0) is 23.3 Å². The highest BCUT2D eigenvalue weighted by molar-refractivity contribution is 5.87. The van der Waals surface area contributed by atoms with Crippen LogP contribution in [0.5, 0.6) is 5.75 Å². The molecule has 0 saturated heterocycles. The molecule has 0 aliphatic carbocycles. The summed E-state index contributed by atoms with van der Waals surface area (Å²) in [5.74, 6) is 1.05. The van der Waals surface area contributed by atoms with E-state index in [4.69, 9.17) is 4.74 Å². The number of ether oxygens (including phenoxy) is 1. The van der Waals surface area contributed by atoms with E-state index >= 15 is 0 Å². The molecule has 17 heavy (non-hydrogen) atoms. The van der Waals surface area contributed by atoms with Crippen LogP contribution in [-0.4, -0.2) is 18.2 Å². The first-order valence-electron chi connectivity index (χ1n) is 6.24. The Balaban J connectivity index is 2.06.